The lowest BCUT2D eigenvalue weighted by atomic mass is 10.1. The second-order valence-electron chi connectivity index (χ2n) is 4.26. The van der Waals surface area contributed by atoms with Crippen LogP contribution in [0.4, 0.5) is 4.79 Å². The van der Waals surface area contributed by atoms with Crippen molar-refractivity contribution in [2.75, 3.05) is 0 Å². The van der Waals surface area contributed by atoms with E-state index in [1.165, 1.54) is 11.8 Å². The number of benzene rings is 1. The first kappa shape index (κ1) is 11.6. The highest BCUT2D eigenvalue weighted by molar-refractivity contribution is 5.88. The number of carbonyl (C=O) groups excluding carboxylic acids is 2. The molecule has 0 saturated carbocycles. The summed E-state index contributed by atoms with van der Waals surface area (Å²) >= 11 is 0. The quantitative estimate of drug-likeness (QED) is 0.802. The van der Waals surface area contributed by atoms with E-state index in [0.29, 0.717) is 6.54 Å². The Bertz CT molecular complexity index is 430. The minimum absolute atomic E-state index is 0.0423. The second-order valence-corrected chi connectivity index (χ2v) is 4.26. The smallest absolute Gasteiger partial charge is 0.411 e. The van der Waals surface area contributed by atoms with Gasteiger partial charge in [0.05, 0.1) is 0 Å². The first-order valence-corrected chi connectivity index (χ1v) is 5.61. The summed E-state index contributed by atoms with van der Waals surface area (Å²) in [5.74, 6) is -0.0423. The zero-order valence-electron chi connectivity index (χ0n) is 9.92. The fourth-order valence-corrected chi connectivity index (χ4v) is 2.15. The Labute approximate surface area is 100 Å². The molecule has 0 aromatic heterocycles. The van der Waals surface area contributed by atoms with Crippen LogP contribution in [0.25, 0.3) is 0 Å². The maximum absolute atomic E-state index is 11.7. The van der Waals surface area contributed by atoms with Gasteiger partial charge in [0, 0.05) is 6.54 Å². The van der Waals surface area contributed by atoms with E-state index in [1.807, 2.05) is 30.3 Å². The molecule has 0 bridgehead atoms. The number of rotatable bonds is 3. The predicted octanol–water partition coefficient (Wildman–Crippen LogP) is 1.98. The number of hydrogen-bond acceptors (Lipinski definition) is 3. The van der Waals surface area contributed by atoms with Crippen molar-refractivity contribution in [2.45, 2.75) is 32.5 Å². The van der Waals surface area contributed by atoms with Crippen LogP contribution in [-0.2, 0) is 16.1 Å². The van der Waals surface area contributed by atoms with E-state index in [1.54, 1.807) is 6.92 Å². The third-order valence-corrected chi connectivity index (χ3v) is 2.91. The molecule has 2 atom stereocenters. The zero-order chi connectivity index (χ0) is 12.4. The number of carbonyl (C=O) groups is 2. The number of hydrogen-bond donors (Lipinski definition) is 0. The number of nitrogens with zero attached hydrogens (tertiary/aromatic N) is 1. The second kappa shape index (κ2) is 4.57. The van der Waals surface area contributed by atoms with E-state index in [0.717, 1.165) is 5.56 Å². The molecule has 1 saturated heterocycles. The highest BCUT2D eigenvalue weighted by atomic mass is 16.6. The number of cyclic esters (lactones) is 1. The molecule has 0 unspecified atom stereocenters. The van der Waals surface area contributed by atoms with Gasteiger partial charge in [0.15, 0.2) is 5.78 Å². The maximum atomic E-state index is 11.7. The molecule has 0 N–H and O–H groups in total. The summed E-state index contributed by atoms with van der Waals surface area (Å²) in [7, 11) is 0. The van der Waals surface area contributed by atoms with Crippen molar-refractivity contribution >= 4 is 11.9 Å². The van der Waals surface area contributed by atoms with Crippen LogP contribution in [0.3, 0.4) is 0 Å². The topological polar surface area (TPSA) is 46.6 Å². The van der Waals surface area contributed by atoms with Gasteiger partial charge in [-0.2, -0.15) is 0 Å². The van der Waals surface area contributed by atoms with Crippen molar-refractivity contribution in [2.24, 2.45) is 0 Å². The van der Waals surface area contributed by atoms with Crippen molar-refractivity contribution in [3.8, 4) is 0 Å². The van der Waals surface area contributed by atoms with Gasteiger partial charge in [-0.1, -0.05) is 30.3 Å². The molecule has 1 aliphatic rings. The van der Waals surface area contributed by atoms with Gasteiger partial charge in [-0.15, -0.1) is 0 Å². The summed E-state index contributed by atoms with van der Waals surface area (Å²) in [5, 5.41) is 0. The average molecular weight is 233 g/mol. The van der Waals surface area contributed by atoms with E-state index >= 15 is 0 Å². The summed E-state index contributed by atoms with van der Waals surface area (Å²) in [4.78, 5) is 24.7. The predicted molar refractivity (Wildman–Crippen MR) is 62.4 cm³/mol. The molecule has 1 amide bonds. The third-order valence-electron chi connectivity index (χ3n) is 2.91. The third kappa shape index (κ3) is 2.30. The van der Waals surface area contributed by atoms with Crippen LogP contribution in [0.2, 0.25) is 0 Å². The molecule has 0 aliphatic carbocycles. The van der Waals surface area contributed by atoms with Crippen LogP contribution in [0.1, 0.15) is 19.4 Å². The van der Waals surface area contributed by atoms with Gasteiger partial charge in [-0.3, -0.25) is 9.69 Å². The van der Waals surface area contributed by atoms with Crippen molar-refractivity contribution in [3.05, 3.63) is 35.9 Å². The highest BCUT2D eigenvalue weighted by Gasteiger charge is 2.41. The normalized spacial score (nSPS) is 23.6. The number of ketones is 1. The molecule has 1 aliphatic heterocycles. The van der Waals surface area contributed by atoms with Gasteiger partial charge in [0.25, 0.3) is 0 Å². The standard InChI is InChI=1S/C13H15NO3/c1-9(15)12-10(2)17-13(16)14(12)8-11-6-4-3-5-7-11/h3-7,10,12H,8H2,1-2H3/t10-,12-/m1/s1. The van der Waals surface area contributed by atoms with Crippen molar-refractivity contribution in [1.82, 2.24) is 4.90 Å². The average Bonchev–Trinajstić information content (AvgIpc) is 2.55. The zero-order valence-corrected chi connectivity index (χ0v) is 9.92. The molecule has 0 spiro atoms. The Morgan fingerprint density at radius 2 is 2.00 bits per heavy atom. The monoisotopic (exact) mass is 233 g/mol. The van der Waals surface area contributed by atoms with Gasteiger partial charge >= 0.3 is 6.09 Å². The van der Waals surface area contributed by atoms with Gasteiger partial charge < -0.3 is 4.74 Å². The molecule has 1 fully saturated rings. The molecule has 2 rings (SSSR count). The lowest BCUT2D eigenvalue weighted by molar-refractivity contribution is -0.121. The van der Waals surface area contributed by atoms with Crippen LogP contribution in [-0.4, -0.2) is 28.9 Å². The van der Waals surface area contributed by atoms with E-state index in [2.05, 4.69) is 0 Å². The van der Waals surface area contributed by atoms with Crippen molar-refractivity contribution in [3.63, 3.8) is 0 Å². The Morgan fingerprint density at radius 3 is 2.59 bits per heavy atom. The Hall–Kier alpha value is -1.84. The molecule has 4 heteroatoms. The summed E-state index contributed by atoms with van der Waals surface area (Å²) < 4.78 is 5.09. The minimum Gasteiger partial charge on any atom is -0.444 e. The Morgan fingerprint density at radius 1 is 1.35 bits per heavy atom. The van der Waals surface area contributed by atoms with Crippen LogP contribution in [0, 0.1) is 0 Å². The van der Waals surface area contributed by atoms with Gasteiger partial charge in [-0.05, 0) is 19.4 Å². The molecular weight excluding hydrogens is 218 g/mol. The summed E-state index contributed by atoms with van der Waals surface area (Å²) in [6, 6.07) is 9.10. The molecule has 1 heterocycles. The molecule has 1 aromatic carbocycles. The van der Waals surface area contributed by atoms with Crippen LogP contribution in [0.5, 0.6) is 0 Å². The van der Waals surface area contributed by atoms with E-state index in [4.69, 9.17) is 4.74 Å². The molecular formula is C13H15NO3. The first-order chi connectivity index (χ1) is 8.09. The van der Waals surface area contributed by atoms with Crippen LogP contribution in [0.15, 0.2) is 30.3 Å². The molecule has 1 aromatic rings. The van der Waals surface area contributed by atoms with Gasteiger partial charge in [0.2, 0.25) is 0 Å². The molecule has 17 heavy (non-hydrogen) atoms. The maximum Gasteiger partial charge on any atom is 0.411 e. The van der Waals surface area contributed by atoms with Gasteiger partial charge in [-0.25, -0.2) is 4.79 Å². The number of amides is 1. The lowest BCUT2D eigenvalue weighted by Gasteiger charge is -2.20. The summed E-state index contributed by atoms with van der Waals surface area (Å²) in [6.45, 7) is 3.64. The SMILES string of the molecule is CC(=O)[C@@H]1[C@@H](C)OC(=O)N1Cc1ccccc1. The Balaban J connectivity index is 2.18. The summed E-state index contributed by atoms with van der Waals surface area (Å²) in [5.41, 5.74) is 0.991. The number of ether oxygens (including phenoxy) is 1. The van der Waals surface area contributed by atoms with Crippen molar-refractivity contribution < 1.29 is 14.3 Å². The molecule has 4 nitrogen and oxygen atoms in total. The summed E-state index contributed by atoms with van der Waals surface area (Å²) in [6.07, 6.45) is -0.787. The van der Waals surface area contributed by atoms with Crippen LogP contribution >= 0.6 is 0 Å². The molecule has 90 valence electrons. The lowest BCUT2D eigenvalue weighted by Crippen LogP contribution is -2.40. The fraction of sp³-hybridized carbons (Fsp3) is 0.385. The van der Waals surface area contributed by atoms with Gasteiger partial charge in [0.1, 0.15) is 12.1 Å². The number of Topliss-reactive ketones (excluding diaryl/α,β-unsaturated/α-hetero) is 1. The highest BCUT2D eigenvalue weighted by Crippen LogP contribution is 2.22. The fourth-order valence-electron chi connectivity index (χ4n) is 2.15. The van der Waals surface area contributed by atoms with E-state index in [-0.39, 0.29) is 11.9 Å². The molecule has 0 radical (unpaired) electrons. The largest absolute Gasteiger partial charge is 0.444 e. The van der Waals surface area contributed by atoms with Crippen molar-refractivity contribution in [1.29, 1.82) is 0 Å². The minimum atomic E-state index is -0.470. The Kier molecular flexibility index (Phi) is 3.13. The van der Waals surface area contributed by atoms with E-state index in [9.17, 15) is 9.59 Å². The van der Waals surface area contributed by atoms with E-state index < -0.39 is 12.1 Å². The first-order valence-electron chi connectivity index (χ1n) is 5.61. The van der Waals surface area contributed by atoms with Crippen LogP contribution < -0.4 is 0 Å².